The van der Waals surface area contributed by atoms with E-state index in [9.17, 15) is 28.8 Å². The summed E-state index contributed by atoms with van der Waals surface area (Å²) in [5.41, 5.74) is 0. The third kappa shape index (κ3) is 23.7. The van der Waals surface area contributed by atoms with Crippen molar-refractivity contribution in [2.45, 2.75) is 70.2 Å². The van der Waals surface area contributed by atoms with Crippen LogP contribution in [0.15, 0.2) is 75.0 Å². The third-order valence-corrected chi connectivity index (χ3v) is 5.42. The second kappa shape index (κ2) is 27.0. The number of hydrogen-bond acceptors (Lipinski definition) is 15. The molecule has 0 fully saturated rings. The highest BCUT2D eigenvalue weighted by Gasteiger charge is 2.18. The van der Waals surface area contributed by atoms with Crippen molar-refractivity contribution in [3.63, 3.8) is 0 Å². The SMILES string of the molecule is C=COC(=O)OC(CC)C/C=C\CC(=O)OCC(C/C=C\CC(=O)OCC(C/C=C\CC(=O)OC)OC(=O)OC=C)OC(=O)OC=C. The molecule has 47 heavy (non-hydrogen) atoms. The molecule has 260 valence electrons. The first-order valence-corrected chi connectivity index (χ1v) is 14.4. The van der Waals surface area contributed by atoms with Crippen LogP contribution >= 0.6 is 0 Å². The minimum atomic E-state index is -1.07. The maximum atomic E-state index is 12.2. The van der Waals surface area contributed by atoms with E-state index >= 15 is 0 Å². The molecule has 15 nitrogen and oxygen atoms in total. The van der Waals surface area contributed by atoms with E-state index in [1.54, 1.807) is 12.2 Å². The van der Waals surface area contributed by atoms with Crippen LogP contribution in [0.1, 0.15) is 51.9 Å². The van der Waals surface area contributed by atoms with Gasteiger partial charge in [-0.15, -0.1) is 0 Å². The molecule has 0 heterocycles. The van der Waals surface area contributed by atoms with Crippen LogP contribution in [0.25, 0.3) is 0 Å². The van der Waals surface area contributed by atoms with Gasteiger partial charge in [0, 0.05) is 19.3 Å². The Hall–Kier alpha value is -5.34. The van der Waals surface area contributed by atoms with Gasteiger partial charge >= 0.3 is 36.4 Å². The summed E-state index contributed by atoms with van der Waals surface area (Å²) in [6, 6.07) is 0. The van der Waals surface area contributed by atoms with Gasteiger partial charge < -0.3 is 42.6 Å². The molecule has 0 spiro atoms. The molecule has 0 N–H and O–H groups in total. The molecular weight excluding hydrogens is 624 g/mol. The van der Waals surface area contributed by atoms with Crippen molar-refractivity contribution in [3.05, 3.63) is 75.0 Å². The lowest BCUT2D eigenvalue weighted by molar-refractivity contribution is -0.146. The van der Waals surface area contributed by atoms with E-state index in [-0.39, 0.29) is 45.3 Å². The normalized spacial score (nSPS) is 12.6. The van der Waals surface area contributed by atoms with Gasteiger partial charge in [0.15, 0.2) is 0 Å². The van der Waals surface area contributed by atoms with Crippen LogP contribution in [-0.4, -0.2) is 75.0 Å². The first-order chi connectivity index (χ1) is 22.6. The summed E-state index contributed by atoms with van der Waals surface area (Å²) in [5, 5.41) is 0. The van der Waals surface area contributed by atoms with E-state index in [1.807, 2.05) is 6.92 Å². The first kappa shape index (κ1) is 41.7. The summed E-state index contributed by atoms with van der Waals surface area (Å²) in [5.74, 6) is -1.74. The molecule has 3 atom stereocenters. The Kier molecular flexibility index (Phi) is 23.9. The molecule has 0 aliphatic heterocycles. The van der Waals surface area contributed by atoms with Gasteiger partial charge in [0.25, 0.3) is 0 Å². The second-order valence-corrected chi connectivity index (χ2v) is 8.91. The molecule has 0 aliphatic carbocycles. The van der Waals surface area contributed by atoms with Crippen LogP contribution in [-0.2, 0) is 57.0 Å². The zero-order valence-electron chi connectivity index (χ0n) is 26.5. The van der Waals surface area contributed by atoms with Crippen LogP contribution < -0.4 is 0 Å². The van der Waals surface area contributed by atoms with E-state index in [1.165, 1.54) is 31.4 Å². The molecule has 0 rings (SSSR count). The minimum absolute atomic E-state index is 0.00392. The molecule has 0 aromatic carbocycles. The van der Waals surface area contributed by atoms with Gasteiger partial charge in [0.05, 0.1) is 45.2 Å². The first-order valence-electron chi connectivity index (χ1n) is 14.4. The fraction of sp³-hybridized carbons (Fsp3) is 0.438. The summed E-state index contributed by atoms with van der Waals surface area (Å²) in [7, 11) is 1.25. The average Bonchev–Trinajstić information content (AvgIpc) is 3.03. The van der Waals surface area contributed by atoms with Crippen LogP contribution in [0, 0.1) is 0 Å². The topological polar surface area (TPSA) is 185 Å². The van der Waals surface area contributed by atoms with E-state index in [4.69, 9.17) is 23.7 Å². The lowest BCUT2D eigenvalue weighted by atomic mass is 10.2. The molecule has 0 aromatic rings. The Morgan fingerprint density at radius 2 is 0.872 bits per heavy atom. The Morgan fingerprint density at radius 1 is 0.532 bits per heavy atom. The van der Waals surface area contributed by atoms with Crippen molar-refractivity contribution in [2.24, 2.45) is 0 Å². The standard InChI is InChI=1S/C32H42O15/c1-6-24(45-30(36)40-7-2)16-10-14-20-28(34)43-23-26(47-32(38)42-9-4)18-12-15-21-29(35)44-22-25(46-31(37)41-8-3)17-11-13-19-27(33)39-5/h7-15,24-26H,2-4,6,16-23H2,1,5H3/b13-11-,14-10-,15-12-. The highest BCUT2D eigenvalue weighted by Crippen LogP contribution is 2.09. The highest BCUT2D eigenvalue weighted by atomic mass is 16.7. The number of carbonyl (C=O) groups excluding carboxylic acids is 6. The molecule has 0 saturated heterocycles. The van der Waals surface area contributed by atoms with E-state index in [2.05, 4.69) is 38.7 Å². The Balaban J connectivity index is 4.90. The van der Waals surface area contributed by atoms with Crippen LogP contribution in [0.2, 0.25) is 0 Å². The summed E-state index contributed by atoms with van der Waals surface area (Å²) in [6.45, 7) is 11.0. The average molecular weight is 667 g/mol. The maximum Gasteiger partial charge on any atom is 0.513 e. The molecule has 0 radical (unpaired) electrons. The van der Waals surface area contributed by atoms with E-state index < -0.39 is 54.7 Å². The summed E-state index contributed by atoms with van der Waals surface area (Å²) in [6.07, 6.45) is 7.31. The van der Waals surface area contributed by atoms with Gasteiger partial charge in [-0.2, -0.15) is 0 Å². The zero-order chi connectivity index (χ0) is 35.3. The fourth-order valence-electron chi connectivity index (χ4n) is 3.15. The molecule has 0 saturated carbocycles. The number of methoxy groups -OCH3 is 1. The van der Waals surface area contributed by atoms with Crippen LogP contribution in [0.3, 0.4) is 0 Å². The van der Waals surface area contributed by atoms with Gasteiger partial charge in [0.1, 0.15) is 31.5 Å². The molecule has 0 amide bonds. The Labute approximate surface area is 273 Å². The smallest absolute Gasteiger partial charge is 0.469 e. The van der Waals surface area contributed by atoms with Crippen molar-refractivity contribution in [3.8, 4) is 0 Å². The Bertz CT molecular complexity index is 1120. The van der Waals surface area contributed by atoms with Crippen molar-refractivity contribution in [2.75, 3.05) is 20.3 Å². The predicted molar refractivity (Wildman–Crippen MR) is 164 cm³/mol. The number of carbonyl (C=O) groups is 6. The zero-order valence-corrected chi connectivity index (χ0v) is 26.5. The molecule has 0 aromatic heterocycles. The lowest BCUT2D eigenvalue weighted by Crippen LogP contribution is -2.25. The molecule has 3 unspecified atom stereocenters. The highest BCUT2D eigenvalue weighted by molar-refractivity contribution is 5.72. The lowest BCUT2D eigenvalue weighted by Gasteiger charge is -2.16. The van der Waals surface area contributed by atoms with Gasteiger partial charge in [-0.3, -0.25) is 14.4 Å². The second-order valence-electron chi connectivity index (χ2n) is 8.91. The van der Waals surface area contributed by atoms with Crippen molar-refractivity contribution in [1.29, 1.82) is 0 Å². The molecular formula is C32H42O15. The van der Waals surface area contributed by atoms with Crippen molar-refractivity contribution < 1.29 is 71.4 Å². The monoisotopic (exact) mass is 666 g/mol. The number of rotatable bonds is 23. The van der Waals surface area contributed by atoms with Crippen LogP contribution in [0.5, 0.6) is 0 Å². The summed E-state index contributed by atoms with van der Waals surface area (Å²) in [4.78, 5) is 70.5. The predicted octanol–water partition coefficient (Wildman–Crippen LogP) is 5.66. The third-order valence-electron chi connectivity index (χ3n) is 5.42. The van der Waals surface area contributed by atoms with Gasteiger partial charge in [-0.1, -0.05) is 63.1 Å². The quantitative estimate of drug-likeness (QED) is 0.0562. The number of hydrogen-bond donors (Lipinski definition) is 0. The van der Waals surface area contributed by atoms with Gasteiger partial charge in [0.2, 0.25) is 0 Å². The Morgan fingerprint density at radius 3 is 1.21 bits per heavy atom. The summed E-state index contributed by atoms with van der Waals surface area (Å²) < 4.78 is 43.7. The minimum Gasteiger partial charge on any atom is -0.469 e. The molecule has 15 heteroatoms. The largest absolute Gasteiger partial charge is 0.513 e. The van der Waals surface area contributed by atoms with Crippen molar-refractivity contribution in [1.82, 2.24) is 0 Å². The van der Waals surface area contributed by atoms with E-state index in [0.717, 1.165) is 18.8 Å². The van der Waals surface area contributed by atoms with Gasteiger partial charge in [-0.05, 0) is 6.42 Å². The van der Waals surface area contributed by atoms with Crippen LogP contribution in [0.4, 0.5) is 14.4 Å². The fourth-order valence-corrected chi connectivity index (χ4v) is 3.15. The number of ether oxygens (including phenoxy) is 9. The molecule has 0 aliphatic rings. The maximum absolute atomic E-state index is 12.2. The number of esters is 3. The van der Waals surface area contributed by atoms with E-state index in [0.29, 0.717) is 12.8 Å². The van der Waals surface area contributed by atoms with Crippen molar-refractivity contribution >= 4 is 36.4 Å². The van der Waals surface area contributed by atoms with Gasteiger partial charge in [-0.25, -0.2) is 14.4 Å². The molecule has 0 bridgehead atoms. The summed E-state index contributed by atoms with van der Waals surface area (Å²) >= 11 is 0.